The van der Waals surface area contributed by atoms with Gasteiger partial charge in [0.15, 0.2) is 0 Å². The van der Waals surface area contributed by atoms with E-state index in [1.165, 1.54) is 18.4 Å². The number of nitrogens with one attached hydrogen (secondary N) is 2. The molecule has 1 amide bonds. The first kappa shape index (κ1) is 21.2. The summed E-state index contributed by atoms with van der Waals surface area (Å²) in [5.41, 5.74) is 2.34. The monoisotopic (exact) mass is 420 g/mol. The Bertz CT molecular complexity index is 748. The molecule has 5 nitrogen and oxygen atoms in total. The van der Waals surface area contributed by atoms with Crippen LogP contribution in [0.5, 0.6) is 0 Å². The standard InChI is InChI=1S/C21H28N4OS.ClH/c26-20(19-9-4-10-22-19)23-12-16-6-5-11-25(13-16)14-18-15-27-21(24-18)17-7-2-1-3-8-17;/h1-3,7-8,15-16,19,22H,4-6,9-14H2,(H,23,26);1H. The number of likely N-dealkylation sites (tertiary alicyclic amines) is 1. The maximum absolute atomic E-state index is 12.2. The summed E-state index contributed by atoms with van der Waals surface area (Å²) >= 11 is 1.72. The Balaban J connectivity index is 0.00000225. The van der Waals surface area contributed by atoms with Crippen LogP contribution in [0.15, 0.2) is 35.7 Å². The van der Waals surface area contributed by atoms with Gasteiger partial charge in [-0.1, -0.05) is 30.3 Å². The molecule has 2 atom stereocenters. The molecule has 0 spiro atoms. The summed E-state index contributed by atoms with van der Waals surface area (Å²) in [4.78, 5) is 19.5. The molecule has 1 aromatic carbocycles. The van der Waals surface area contributed by atoms with Crippen LogP contribution in [0, 0.1) is 5.92 Å². The highest BCUT2D eigenvalue weighted by Gasteiger charge is 2.25. The Labute approximate surface area is 177 Å². The van der Waals surface area contributed by atoms with Gasteiger partial charge in [-0.3, -0.25) is 9.69 Å². The van der Waals surface area contributed by atoms with E-state index >= 15 is 0 Å². The van der Waals surface area contributed by atoms with Gasteiger partial charge < -0.3 is 10.6 Å². The van der Waals surface area contributed by atoms with E-state index in [0.29, 0.717) is 5.92 Å². The topological polar surface area (TPSA) is 57.3 Å². The van der Waals surface area contributed by atoms with E-state index in [4.69, 9.17) is 4.98 Å². The average molecular weight is 421 g/mol. The number of hydrogen-bond acceptors (Lipinski definition) is 5. The molecule has 2 unspecified atom stereocenters. The molecule has 3 heterocycles. The first-order chi connectivity index (χ1) is 13.3. The molecule has 0 bridgehead atoms. The fourth-order valence-corrected chi connectivity index (χ4v) is 4.88. The van der Waals surface area contributed by atoms with E-state index < -0.39 is 0 Å². The fraction of sp³-hybridized carbons (Fsp3) is 0.524. The second-order valence-corrected chi connectivity index (χ2v) is 8.51. The quantitative estimate of drug-likeness (QED) is 0.752. The van der Waals surface area contributed by atoms with Gasteiger partial charge in [0.25, 0.3) is 0 Å². The van der Waals surface area contributed by atoms with E-state index in [1.807, 2.05) is 6.07 Å². The molecular formula is C21H29ClN4OS. The fourth-order valence-electron chi connectivity index (χ4n) is 4.06. The van der Waals surface area contributed by atoms with Crippen LogP contribution in [0.1, 0.15) is 31.4 Å². The number of aromatic nitrogens is 1. The summed E-state index contributed by atoms with van der Waals surface area (Å²) < 4.78 is 0. The number of rotatable bonds is 6. The molecular weight excluding hydrogens is 392 g/mol. The van der Waals surface area contributed by atoms with Gasteiger partial charge >= 0.3 is 0 Å². The zero-order valence-corrected chi connectivity index (χ0v) is 17.7. The smallest absolute Gasteiger partial charge is 0.237 e. The summed E-state index contributed by atoms with van der Waals surface area (Å²) in [5, 5.41) is 9.71. The van der Waals surface area contributed by atoms with Crippen LogP contribution in [-0.4, -0.2) is 48.0 Å². The third-order valence-electron chi connectivity index (χ3n) is 5.50. The first-order valence-electron chi connectivity index (χ1n) is 10.0. The van der Waals surface area contributed by atoms with Gasteiger partial charge in [-0.15, -0.1) is 23.7 Å². The number of carbonyl (C=O) groups is 1. The number of benzene rings is 1. The van der Waals surface area contributed by atoms with Gasteiger partial charge in [-0.25, -0.2) is 4.98 Å². The second kappa shape index (κ2) is 10.3. The zero-order valence-electron chi connectivity index (χ0n) is 16.1. The van der Waals surface area contributed by atoms with Crippen molar-refractivity contribution in [1.82, 2.24) is 20.5 Å². The lowest BCUT2D eigenvalue weighted by molar-refractivity contribution is -0.123. The third kappa shape index (κ3) is 5.54. The molecule has 2 aliphatic heterocycles. The van der Waals surface area contributed by atoms with Gasteiger partial charge in [0, 0.05) is 30.6 Å². The van der Waals surface area contributed by atoms with Crippen molar-refractivity contribution >= 4 is 29.7 Å². The molecule has 1 aromatic heterocycles. The van der Waals surface area contributed by atoms with Crippen molar-refractivity contribution < 1.29 is 4.79 Å². The average Bonchev–Trinajstić information content (AvgIpc) is 3.39. The number of nitrogens with zero attached hydrogens (tertiary/aromatic N) is 2. The largest absolute Gasteiger partial charge is 0.354 e. The lowest BCUT2D eigenvalue weighted by Gasteiger charge is -2.32. The molecule has 2 aromatic rings. The van der Waals surface area contributed by atoms with Crippen molar-refractivity contribution in [3.8, 4) is 10.6 Å². The predicted molar refractivity (Wildman–Crippen MR) is 117 cm³/mol. The minimum absolute atomic E-state index is 0. The lowest BCUT2D eigenvalue weighted by Crippen LogP contribution is -2.45. The maximum atomic E-state index is 12.2. The summed E-state index contributed by atoms with van der Waals surface area (Å²) in [5.74, 6) is 0.716. The first-order valence-corrected chi connectivity index (χ1v) is 10.9. The van der Waals surface area contributed by atoms with Crippen LogP contribution < -0.4 is 10.6 Å². The van der Waals surface area contributed by atoms with Crippen LogP contribution in [0.25, 0.3) is 10.6 Å². The van der Waals surface area contributed by atoms with E-state index in [2.05, 4.69) is 45.2 Å². The highest BCUT2D eigenvalue weighted by molar-refractivity contribution is 7.13. The minimum atomic E-state index is 0. The molecule has 4 rings (SSSR count). The van der Waals surface area contributed by atoms with E-state index in [-0.39, 0.29) is 24.4 Å². The Morgan fingerprint density at radius 1 is 1.25 bits per heavy atom. The molecule has 7 heteroatoms. The Hall–Kier alpha value is -1.47. The molecule has 2 aliphatic rings. The molecule has 0 saturated carbocycles. The molecule has 2 N–H and O–H groups in total. The van der Waals surface area contributed by atoms with Gasteiger partial charge in [0.2, 0.25) is 5.91 Å². The molecule has 0 aliphatic carbocycles. The summed E-state index contributed by atoms with van der Waals surface area (Å²) in [7, 11) is 0. The van der Waals surface area contributed by atoms with Crippen LogP contribution in [0.4, 0.5) is 0 Å². The maximum Gasteiger partial charge on any atom is 0.237 e. The highest BCUT2D eigenvalue weighted by atomic mass is 35.5. The van der Waals surface area contributed by atoms with Gasteiger partial charge in [0.05, 0.1) is 11.7 Å². The lowest BCUT2D eigenvalue weighted by atomic mass is 9.97. The van der Waals surface area contributed by atoms with Crippen LogP contribution in [-0.2, 0) is 11.3 Å². The highest BCUT2D eigenvalue weighted by Crippen LogP contribution is 2.25. The van der Waals surface area contributed by atoms with Crippen molar-refractivity contribution in [2.24, 2.45) is 5.92 Å². The van der Waals surface area contributed by atoms with E-state index in [0.717, 1.165) is 56.3 Å². The number of thiazole rings is 1. The SMILES string of the molecule is Cl.O=C(NCC1CCCN(Cc2csc(-c3ccccc3)n2)C1)C1CCCN1. The van der Waals surface area contributed by atoms with Crippen molar-refractivity contribution in [1.29, 1.82) is 0 Å². The number of halogens is 1. The van der Waals surface area contributed by atoms with Gasteiger partial charge in [-0.2, -0.15) is 0 Å². The Kier molecular flexibility index (Phi) is 7.85. The molecule has 2 fully saturated rings. The number of hydrogen-bond donors (Lipinski definition) is 2. The number of amides is 1. The van der Waals surface area contributed by atoms with Crippen molar-refractivity contribution in [2.45, 2.75) is 38.3 Å². The molecule has 2 saturated heterocycles. The Morgan fingerprint density at radius 3 is 2.89 bits per heavy atom. The van der Waals surface area contributed by atoms with Crippen LogP contribution in [0.3, 0.4) is 0 Å². The van der Waals surface area contributed by atoms with Gasteiger partial charge in [0.1, 0.15) is 5.01 Å². The van der Waals surface area contributed by atoms with E-state index in [1.54, 1.807) is 11.3 Å². The summed E-state index contributed by atoms with van der Waals surface area (Å²) in [6.07, 6.45) is 4.46. The zero-order chi connectivity index (χ0) is 18.5. The summed E-state index contributed by atoms with van der Waals surface area (Å²) in [6, 6.07) is 10.4. The van der Waals surface area contributed by atoms with Crippen LogP contribution in [0.2, 0.25) is 0 Å². The predicted octanol–water partition coefficient (Wildman–Crippen LogP) is 3.31. The summed E-state index contributed by atoms with van der Waals surface area (Å²) in [6.45, 7) is 4.81. The minimum Gasteiger partial charge on any atom is -0.354 e. The van der Waals surface area contributed by atoms with Gasteiger partial charge in [-0.05, 0) is 44.7 Å². The van der Waals surface area contributed by atoms with Crippen molar-refractivity contribution in [3.05, 3.63) is 41.4 Å². The number of piperidine rings is 1. The third-order valence-corrected chi connectivity index (χ3v) is 6.44. The molecule has 152 valence electrons. The van der Waals surface area contributed by atoms with Crippen molar-refractivity contribution in [2.75, 3.05) is 26.2 Å². The van der Waals surface area contributed by atoms with Crippen LogP contribution >= 0.6 is 23.7 Å². The second-order valence-electron chi connectivity index (χ2n) is 7.65. The molecule has 0 radical (unpaired) electrons. The van der Waals surface area contributed by atoms with E-state index in [9.17, 15) is 4.79 Å². The van der Waals surface area contributed by atoms with Crippen molar-refractivity contribution in [3.63, 3.8) is 0 Å². The normalized spacial score (nSPS) is 22.6. The number of carbonyl (C=O) groups excluding carboxylic acids is 1. The molecule has 28 heavy (non-hydrogen) atoms. The Morgan fingerprint density at radius 2 is 2.11 bits per heavy atom.